The highest BCUT2D eigenvalue weighted by Gasteiger charge is 1.99. The van der Waals surface area contributed by atoms with Crippen LogP contribution in [0.25, 0.3) is 0 Å². The second kappa shape index (κ2) is 8.03. The third-order valence-electron chi connectivity index (χ3n) is 2.40. The quantitative estimate of drug-likeness (QED) is 0.654. The van der Waals surface area contributed by atoms with E-state index in [1.54, 1.807) is 0 Å². The fourth-order valence-electron chi connectivity index (χ4n) is 1.54. The first kappa shape index (κ1) is 13.9. The van der Waals surface area contributed by atoms with Gasteiger partial charge in [0, 0.05) is 12.7 Å². The standard InChI is InChI=1S/C13H20N2OS/c1-2-4-12(9-15-17)10-16-13-6-3-5-11(7-13)8-14/h3,5-7,9,15,17H,2,4,8,10,14H2,1H3/b12-9+. The lowest BCUT2D eigenvalue weighted by Crippen LogP contribution is -2.04. The van der Waals surface area contributed by atoms with Gasteiger partial charge in [0.15, 0.2) is 0 Å². The zero-order valence-electron chi connectivity index (χ0n) is 10.1. The van der Waals surface area contributed by atoms with E-state index in [9.17, 15) is 0 Å². The molecule has 0 saturated carbocycles. The molecule has 0 atom stereocenters. The topological polar surface area (TPSA) is 47.3 Å². The Morgan fingerprint density at radius 1 is 1.53 bits per heavy atom. The van der Waals surface area contributed by atoms with Crippen LogP contribution in [-0.4, -0.2) is 6.61 Å². The summed E-state index contributed by atoms with van der Waals surface area (Å²) in [5.74, 6) is 0.856. The summed E-state index contributed by atoms with van der Waals surface area (Å²) in [4.78, 5) is 0. The summed E-state index contributed by atoms with van der Waals surface area (Å²) < 4.78 is 8.46. The lowest BCUT2D eigenvalue weighted by atomic mass is 10.2. The predicted octanol–water partition coefficient (Wildman–Crippen LogP) is 2.64. The third kappa shape index (κ3) is 5.15. The van der Waals surface area contributed by atoms with E-state index in [4.69, 9.17) is 10.5 Å². The molecular weight excluding hydrogens is 232 g/mol. The number of nitrogens with one attached hydrogen (secondary N) is 1. The second-order valence-electron chi connectivity index (χ2n) is 3.82. The molecule has 0 bridgehead atoms. The third-order valence-corrected chi connectivity index (χ3v) is 2.53. The molecule has 0 aliphatic carbocycles. The fourth-order valence-corrected chi connectivity index (χ4v) is 1.72. The Bertz CT molecular complexity index is 366. The van der Waals surface area contributed by atoms with Gasteiger partial charge in [-0.2, -0.15) is 0 Å². The van der Waals surface area contributed by atoms with Crippen molar-refractivity contribution in [1.82, 2.24) is 4.72 Å². The molecule has 4 heteroatoms. The van der Waals surface area contributed by atoms with Crippen LogP contribution in [0.4, 0.5) is 0 Å². The van der Waals surface area contributed by atoms with Crippen LogP contribution >= 0.6 is 12.8 Å². The van der Waals surface area contributed by atoms with Crippen molar-refractivity contribution in [3.8, 4) is 5.75 Å². The summed E-state index contributed by atoms with van der Waals surface area (Å²) in [5, 5.41) is 0. The maximum absolute atomic E-state index is 5.72. The van der Waals surface area contributed by atoms with Crippen LogP contribution in [-0.2, 0) is 6.54 Å². The monoisotopic (exact) mass is 252 g/mol. The zero-order chi connectivity index (χ0) is 12.5. The molecular formula is C13H20N2OS. The average Bonchev–Trinajstić information content (AvgIpc) is 2.37. The molecule has 0 radical (unpaired) electrons. The van der Waals surface area contributed by atoms with Gasteiger partial charge in [-0.3, -0.25) is 0 Å². The number of benzene rings is 1. The minimum atomic E-state index is 0.535. The summed E-state index contributed by atoms with van der Waals surface area (Å²) in [7, 11) is 0. The van der Waals surface area contributed by atoms with E-state index in [-0.39, 0.29) is 0 Å². The van der Waals surface area contributed by atoms with Crippen LogP contribution in [0.3, 0.4) is 0 Å². The van der Waals surface area contributed by atoms with Crippen molar-refractivity contribution in [2.24, 2.45) is 5.73 Å². The van der Waals surface area contributed by atoms with Gasteiger partial charge in [-0.25, -0.2) is 0 Å². The lowest BCUT2D eigenvalue weighted by Gasteiger charge is -2.10. The molecule has 3 N–H and O–H groups in total. The molecule has 1 rings (SSSR count). The lowest BCUT2D eigenvalue weighted by molar-refractivity contribution is 0.346. The highest BCUT2D eigenvalue weighted by Crippen LogP contribution is 2.15. The molecule has 0 amide bonds. The van der Waals surface area contributed by atoms with Crippen molar-refractivity contribution in [2.75, 3.05) is 6.61 Å². The van der Waals surface area contributed by atoms with Crippen LogP contribution in [0, 0.1) is 0 Å². The van der Waals surface area contributed by atoms with Crippen LogP contribution in [0.5, 0.6) is 5.75 Å². The number of hydrogen-bond donors (Lipinski definition) is 3. The Morgan fingerprint density at radius 3 is 3.00 bits per heavy atom. The van der Waals surface area contributed by atoms with E-state index < -0.39 is 0 Å². The molecule has 3 nitrogen and oxygen atoms in total. The van der Waals surface area contributed by atoms with Gasteiger partial charge < -0.3 is 15.2 Å². The van der Waals surface area contributed by atoms with E-state index in [0.29, 0.717) is 13.2 Å². The smallest absolute Gasteiger partial charge is 0.120 e. The first-order valence-electron chi connectivity index (χ1n) is 5.79. The first-order chi connectivity index (χ1) is 8.30. The molecule has 1 aromatic carbocycles. The van der Waals surface area contributed by atoms with Gasteiger partial charge in [-0.1, -0.05) is 38.3 Å². The predicted molar refractivity (Wildman–Crippen MR) is 74.9 cm³/mol. The number of nitrogens with two attached hydrogens (primary N) is 1. The van der Waals surface area contributed by atoms with E-state index in [0.717, 1.165) is 24.2 Å². The number of ether oxygens (including phenoxy) is 1. The average molecular weight is 252 g/mol. The molecule has 0 aliphatic rings. The van der Waals surface area contributed by atoms with Gasteiger partial charge in [0.05, 0.1) is 0 Å². The molecule has 0 aromatic heterocycles. The van der Waals surface area contributed by atoms with Crippen LogP contribution in [0.15, 0.2) is 36.0 Å². The Hall–Kier alpha value is -1.13. The van der Waals surface area contributed by atoms with Gasteiger partial charge in [-0.05, 0) is 29.7 Å². The Labute approximate surface area is 109 Å². The maximum Gasteiger partial charge on any atom is 0.120 e. The number of rotatable bonds is 7. The summed E-state index contributed by atoms with van der Waals surface area (Å²) in [6.07, 6.45) is 3.97. The van der Waals surface area contributed by atoms with Crippen molar-refractivity contribution in [2.45, 2.75) is 26.3 Å². The van der Waals surface area contributed by atoms with Crippen molar-refractivity contribution in [3.05, 3.63) is 41.6 Å². The van der Waals surface area contributed by atoms with Crippen LogP contribution in [0.2, 0.25) is 0 Å². The fraction of sp³-hybridized carbons (Fsp3) is 0.385. The van der Waals surface area contributed by atoms with E-state index >= 15 is 0 Å². The highest BCUT2D eigenvalue weighted by atomic mass is 32.1. The van der Waals surface area contributed by atoms with Gasteiger partial charge >= 0.3 is 0 Å². The van der Waals surface area contributed by atoms with Crippen molar-refractivity contribution in [1.29, 1.82) is 0 Å². The van der Waals surface area contributed by atoms with E-state index in [1.165, 1.54) is 5.57 Å². The van der Waals surface area contributed by atoms with Gasteiger partial charge in [0.2, 0.25) is 0 Å². The molecule has 0 aliphatic heterocycles. The molecule has 0 spiro atoms. The van der Waals surface area contributed by atoms with E-state index in [2.05, 4.69) is 24.5 Å². The van der Waals surface area contributed by atoms with Gasteiger partial charge in [-0.15, -0.1) is 0 Å². The minimum Gasteiger partial charge on any atom is -0.489 e. The summed E-state index contributed by atoms with van der Waals surface area (Å²) in [5.41, 5.74) is 7.86. The number of thiol groups is 1. The molecule has 94 valence electrons. The van der Waals surface area contributed by atoms with Crippen LogP contribution in [0.1, 0.15) is 25.3 Å². The summed E-state index contributed by atoms with van der Waals surface area (Å²) in [6, 6.07) is 7.86. The zero-order valence-corrected chi connectivity index (χ0v) is 11.0. The first-order valence-corrected chi connectivity index (χ1v) is 6.24. The van der Waals surface area contributed by atoms with Gasteiger partial charge in [0.25, 0.3) is 0 Å². The molecule has 0 saturated heterocycles. The van der Waals surface area contributed by atoms with Gasteiger partial charge in [0.1, 0.15) is 12.4 Å². The second-order valence-corrected chi connectivity index (χ2v) is 4.08. The molecule has 0 fully saturated rings. The molecule has 17 heavy (non-hydrogen) atoms. The summed E-state index contributed by atoms with van der Waals surface area (Å²) >= 11 is 3.97. The highest BCUT2D eigenvalue weighted by molar-refractivity contribution is 7.78. The van der Waals surface area contributed by atoms with E-state index in [1.807, 2.05) is 30.5 Å². The summed E-state index contributed by atoms with van der Waals surface area (Å²) in [6.45, 7) is 3.25. The normalized spacial score (nSPS) is 11.4. The number of hydrogen-bond acceptors (Lipinski definition) is 4. The van der Waals surface area contributed by atoms with Crippen molar-refractivity contribution in [3.63, 3.8) is 0 Å². The van der Waals surface area contributed by atoms with Crippen molar-refractivity contribution < 1.29 is 4.74 Å². The van der Waals surface area contributed by atoms with Crippen molar-refractivity contribution >= 4 is 12.8 Å². The maximum atomic E-state index is 5.72. The molecule has 0 heterocycles. The van der Waals surface area contributed by atoms with Crippen LogP contribution < -0.4 is 15.2 Å². The molecule has 1 aromatic rings. The minimum absolute atomic E-state index is 0.535. The Morgan fingerprint density at radius 2 is 2.35 bits per heavy atom. The largest absolute Gasteiger partial charge is 0.489 e. The molecule has 0 unspecified atom stereocenters. The Balaban J connectivity index is 2.55. The Kier molecular flexibility index (Phi) is 6.58. The SMILES string of the molecule is CCC/C(=C\NS)COc1cccc(CN)c1.